The van der Waals surface area contributed by atoms with Gasteiger partial charge in [-0.1, -0.05) is 6.07 Å². The molecule has 2 aliphatic rings. The quantitative estimate of drug-likeness (QED) is 0.805. The number of nitrogens with zero attached hydrogens (tertiary/aromatic N) is 3. The standard InChI is InChI=1S/C18H16N4O2/c1-24-15-7-6-14(22-17(15)20-16(21-22)10-2-3-10)11-4-5-13-12(8-11)9-19-18(13)23/h4-8,10H,2-3,9H2,1H3,(H,19,23). The molecule has 1 N–H and O–H groups in total. The molecule has 1 aliphatic heterocycles. The Morgan fingerprint density at radius 3 is 2.92 bits per heavy atom. The zero-order valence-corrected chi connectivity index (χ0v) is 13.2. The molecule has 6 nitrogen and oxygen atoms in total. The maximum Gasteiger partial charge on any atom is 0.251 e. The van der Waals surface area contributed by atoms with Crippen LogP contribution in [-0.4, -0.2) is 27.6 Å². The van der Waals surface area contributed by atoms with Crippen molar-refractivity contribution in [1.29, 1.82) is 0 Å². The summed E-state index contributed by atoms with van der Waals surface area (Å²) in [6, 6.07) is 9.80. The molecule has 1 aliphatic carbocycles. The molecule has 0 saturated heterocycles. The molecule has 3 aromatic rings. The fourth-order valence-corrected chi connectivity index (χ4v) is 3.24. The molecular weight excluding hydrogens is 304 g/mol. The summed E-state index contributed by atoms with van der Waals surface area (Å²) in [6.45, 7) is 0.575. The highest BCUT2D eigenvalue weighted by molar-refractivity contribution is 5.98. The molecule has 1 amide bonds. The third-order valence-electron chi connectivity index (χ3n) is 4.71. The minimum absolute atomic E-state index is 0.00629. The minimum atomic E-state index is -0.00629. The van der Waals surface area contributed by atoms with Crippen LogP contribution in [-0.2, 0) is 6.54 Å². The summed E-state index contributed by atoms with van der Waals surface area (Å²) in [4.78, 5) is 16.4. The van der Waals surface area contributed by atoms with E-state index in [1.807, 2.05) is 34.8 Å². The summed E-state index contributed by atoms with van der Waals surface area (Å²) in [7, 11) is 1.65. The molecule has 0 spiro atoms. The Labute approximate surface area is 138 Å². The number of rotatable bonds is 3. The number of nitrogens with one attached hydrogen (secondary N) is 1. The monoisotopic (exact) mass is 320 g/mol. The highest BCUT2D eigenvalue weighted by Crippen LogP contribution is 2.39. The summed E-state index contributed by atoms with van der Waals surface area (Å²) in [6.07, 6.45) is 2.31. The second-order valence-corrected chi connectivity index (χ2v) is 6.32. The zero-order chi connectivity index (χ0) is 16.3. The van der Waals surface area contributed by atoms with Gasteiger partial charge in [-0.25, -0.2) is 9.50 Å². The van der Waals surface area contributed by atoms with E-state index in [9.17, 15) is 4.79 Å². The molecule has 2 aromatic heterocycles. The van der Waals surface area contributed by atoms with E-state index in [2.05, 4.69) is 10.3 Å². The van der Waals surface area contributed by atoms with Crippen LogP contribution >= 0.6 is 0 Å². The summed E-state index contributed by atoms with van der Waals surface area (Å²) in [5.41, 5.74) is 4.48. The number of carbonyl (C=O) groups is 1. The number of aromatic nitrogens is 3. The Kier molecular flexibility index (Phi) is 2.71. The first-order chi connectivity index (χ1) is 11.7. The van der Waals surface area contributed by atoms with Gasteiger partial charge < -0.3 is 10.1 Å². The van der Waals surface area contributed by atoms with Crippen LogP contribution in [0.1, 0.15) is 40.5 Å². The van der Waals surface area contributed by atoms with E-state index in [0.717, 1.165) is 52.4 Å². The van der Waals surface area contributed by atoms with Crippen LogP contribution in [0, 0.1) is 0 Å². The van der Waals surface area contributed by atoms with Crippen LogP contribution in [0.25, 0.3) is 16.9 Å². The van der Waals surface area contributed by atoms with Crippen LogP contribution in [0.3, 0.4) is 0 Å². The van der Waals surface area contributed by atoms with Crippen LogP contribution in [0.5, 0.6) is 5.75 Å². The molecule has 1 aromatic carbocycles. The van der Waals surface area contributed by atoms with E-state index in [-0.39, 0.29) is 5.91 Å². The third kappa shape index (κ3) is 1.92. The second-order valence-electron chi connectivity index (χ2n) is 6.32. The smallest absolute Gasteiger partial charge is 0.251 e. The topological polar surface area (TPSA) is 68.5 Å². The first-order valence-corrected chi connectivity index (χ1v) is 8.10. The van der Waals surface area contributed by atoms with Crippen molar-refractivity contribution in [3.8, 4) is 17.0 Å². The summed E-state index contributed by atoms with van der Waals surface area (Å²) >= 11 is 0. The van der Waals surface area contributed by atoms with Crippen molar-refractivity contribution in [2.45, 2.75) is 25.3 Å². The van der Waals surface area contributed by atoms with E-state index >= 15 is 0 Å². The van der Waals surface area contributed by atoms with Gasteiger partial charge in [0, 0.05) is 23.6 Å². The van der Waals surface area contributed by atoms with Gasteiger partial charge in [0.2, 0.25) is 0 Å². The van der Waals surface area contributed by atoms with E-state index in [1.165, 1.54) is 0 Å². The number of carbonyl (C=O) groups excluding carboxylic acids is 1. The van der Waals surface area contributed by atoms with Crippen molar-refractivity contribution in [2.24, 2.45) is 0 Å². The predicted molar refractivity (Wildman–Crippen MR) is 88.1 cm³/mol. The lowest BCUT2D eigenvalue weighted by molar-refractivity contribution is 0.0966. The van der Waals surface area contributed by atoms with Crippen LogP contribution in [0.4, 0.5) is 0 Å². The molecular formula is C18H16N4O2. The van der Waals surface area contributed by atoms with Gasteiger partial charge in [-0.05, 0) is 42.7 Å². The molecule has 6 heteroatoms. The maximum atomic E-state index is 11.7. The van der Waals surface area contributed by atoms with Crippen molar-refractivity contribution >= 4 is 11.6 Å². The van der Waals surface area contributed by atoms with E-state index < -0.39 is 0 Å². The van der Waals surface area contributed by atoms with Crippen molar-refractivity contribution in [3.63, 3.8) is 0 Å². The fourth-order valence-electron chi connectivity index (χ4n) is 3.24. The molecule has 1 saturated carbocycles. The first kappa shape index (κ1) is 13.5. The van der Waals surface area contributed by atoms with E-state index in [1.54, 1.807) is 7.11 Å². The van der Waals surface area contributed by atoms with Gasteiger partial charge in [-0.2, -0.15) is 5.10 Å². The zero-order valence-electron chi connectivity index (χ0n) is 13.2. The number of benzene rings is 1. The summed E-state index contributed by atoms with van der Waals surface area (Å²) < 4.78 is 7.30. The van der Waals surface area contributed by atoms with Crippen LogP contribution in [0.2, 0.25) is 0 Å². The number of amides is 1. The third-order valence-corrected chi connectivity index (χ3v) is 4.71. The lowest BCUT2D eigenvalue weighted by Crippen LogP contribution is -2.12. The van der Waals surface area contributed by atoms with Gasteiger partial charge in [0.1, 0.15) is 0 Å². The van der Waals surface area contributed by atoms with Crippen LogP contribution < -0.4 is 10.1 Å². The van der Waals surface area contributed by atoms with Crippen LogP contribution in [0.15, 0.2) is 30.3 Å². The Hall–Kier alpha value is -2.89. The minimum Gasteiger partial charge on any atom is -0.493 e. The van der Waals surface area contributed by atoms with Crippen molar-refractivity contribution < 1.29 is 9.53 Å². The van der Waals surface area contributed by atoms with Gasteiger partial charge in [0.15, 0.2) is 17.2 Å². The van der Waals surface area contributed by atoms with Gasteiger partial charge in [0.05, 0.1) is 12.8 Å². The maximum absolute atomic E-state index is 11.7. The van der Waals surface area contributed by atoms with Crippen molar-refractivity contribution in [3.05, 3.63) is 47.3 Å². The molecule has 1 fully saturated rings. The van der Waals surface area contributed by atoms with Gasteiger partial charge >= 0.3 is 0 Å². The Bertz CT molecular complexity index is 988. The molecule has 0 bridgehead atoms. The van der Waals surface area contributed by atoms with E-state index in [4.69, 9.17) is 9.84 Å². The van der Waals surface area contributed by atoms with Gasteiger partial charge in [0.25, 0.3) is 5.91 Å². The lowest BCUT2D eigenvalue weighted by atomic mass is 10.0. The Morgan fingerprint density at radius 1 is 1.25 bits per heavy atom. The molecule has 0 unspecified atom stereocenters. The second kappa shape index (κ2) is 4.80. The van der Waals surface area contributed by atoms with Gasteiger partial charge in [-0.3, -0.25) is 4.79 Å². The summed E-state index contributed by atoms with van der Waals surface area (Å²) in [5.74, 6) is 2.08. The number of hydrogen-bond donors (Lipinski definition) is 1. The number of fused-ring (bicyclic) bond motifs is 2. The summed E-state index contributed by atoms with van der Waals surface area (Å²) in [5, 5.41) is 7.56. The number of ether oxygens (including phenoxy) is 1. The normalized spacial score (nSPS) is 16.3. The molecule has 3 heterocycles. The predicted octanol–water partition coefficient (Wildman–Crippen LogP) is 2.53. The molecule has 120 valence electrons. The number of pyridine rings is 1. The Morgan fingerprint density at radius 2 is 2.12 bits per heavy atom. The number of hydrogen-bond acceptors (Lipinski definition) is 4. The van der Waals surface area contributed by atoms with Gasteiger partial charge in [-0.15, -0.1) is 0 Å². The highest BCUT2D eigenvalue weighted by atomic mass is 16.5. The molecule has 0 radical (unpaired) electrons. The fraction of sp³-hybridized carbons (Fsp3) is 0.278. The van der Waals surface area contributed by atoms with Crippen molar-refractivity contribution in [1.82, 2.24) is 19.9 Å². The molecule has 0 atom stereocenters. The van der Waals surface area contributed by atoms with Crippen molar-refractivity contribution in [2.75, 3.05) is 7.11 Å². The SMILES string of the molecule is COc1ccc(-c2ccc3c(c2)CNC3=O)n2nc(C3CC3)nc12. The lowest BCUT2D eigenvalue weighted by Gasteiger charge is -2.08. The average molecular weight is 320 g/mol. The average Bonchev–Trinajstić information content (AvgIpc) is 3.26. The molecule has 24 heavy (non-hydrogen) atoms. The Balaban J connectivity index is 1.70. The number of methoxy groups -OCH3 is 1. The largest absolute Gasteiger partial charge is 0.493 e. The molecule has 5 rings (SSSR count). The van der Waals surface area contributed by atoms with E-state index in [0.29, 0.717) is 12.5 Å². The highest BCUT2D eigenvalue weighted by Gasteiger charge is 2.29. The first-order valence-electron chi connectivity index (χ1n) is 8.10.